The van der Waals surface area contributed by atoms with Gasteiger partial charge in [0.15, 0.2) is 11.5 Å². The number of carbonyl (C=O) groups is 1. The number of thiophene rings is 1. The second kappa shape index (κ2) is 4.68. The Morgan fingerprint density at radius 1 is 1.45 bits per heavy atom. The summed E-state index contributed by atoms with van der Waals surface area (Å²) in [6.45, 7) is 3.75. The first-order valence-electron chi connectivity index (χ1n) is 5.92. The third-order valence-corrected chi connectivity index (χ3v) is 3.68. The molecule has 3 heterocycles. The van der Waals surface area contributed by atoms with Crippen LogP contribution in [0.5, 0.6) is 0 Å². The van der Waals surface area contributed by atoms with Gasteiger partial charge in [0.2, 0.25) is 0 Å². The Hall–Kier alpha value is -2.28. The van der Waals surface area contributed by atoms with Crippen molar-refractivity contribution < 1.29 is 9.18 Å². The lowest BCUT2D eigenvalue weighted by molar-refractivity contribution is 0.102. The van der Waals surface area contributed by atoms with E-state index in [2.05, 4.69) is 15.4 Å². The summed E-state index contributed by atoms with van der Waals surface area (Å²) in [7, 11) is 0. The van der Waals surface area contributed by atoms with Crippen molar-refractivity contribution in [2.75, 3.05) is 5.32 Å². The van der Waals surface area contributed by atoms with E-state index in [1.165, 1.54) is 11.4 Å². The maximum Gasteiger partial charge on any atom is 0.269 e. The molecule has 102 valence electrons. The fraction of sp³-hybridized carbons (Fsp3) is 0.154. The summed E-state index contributed by atoms with van der Waals surface area (Å²) in [4.78, 5) is 16.3. The number of hydrogen-bond donors (Lipinski definition) is 1. The molecule has 5 nitrogen and oxygen atoms in total. The maximum absolute atomic E-state index is 13.4. The number of nitrogens with zero attached hydrogens (tertiary/aromatic N) is 3. The van der Waals surface area contributed by atoms with Crippen LogP contribution in [0, 0.1) is 19.7 Å². The van der Waals surface area contributed by atoms with Crippen LogP contribution in [-0.2, 0) is 0 Å². The fourth-order valence-corrected chi connectivity index (χ4v) is 2.60. The molecule has 7 heteroatoms. The molecule has 0 bridgehead atoms. The molecule has 0 aliphatic rings. The van der Waals surface area contributed by atoms with E-state index in [-0.39, 0.29) is 4.88 Å². The number of aromatic nitrogens is 3. The number of fused-ring (bicyclic) bond motifs is 1. The molecule has 0 aliphatic heterocycles. The largest absolute Gasteiger partial charge is 0.304 e. The molecule has 1 N–H and O–H groups in total. The first kappa shape index (κ1) is 12.7. The van der Waals surface area contributed by atoms with Crippen LogP contribution in [0.15, 0.2) is 23.7 Å². The number of halogens is 1. The van der Waals surface area contributed by atoms with Gasteiger partial charge in [-0.05, 0) is 36.9 Å². The highest BCUT2D eigenvalue weighted by molar-refractivity contribution is 7.12. The van der Waals surface area contributed by atoms with Crippen LogP contribution in [-0.4, -0.2) is 20.5 Å². The van der Waals surface area contributed by atoms with E-state index in [1.807, 2.05) is 13.8 Å². The average molecular weight is 290 g/mol. The Bertz CT molecular complexity index is 808. The number of rotatable bonds is 2. The number of aryl methyl sites for hydroxylation is 2. The van der Waals surface area contributed by atoms with Gasteiger partial charge in [-0.2, -0.15) is 0 Å². The van der Waals surface area contributed by atoms with Gasteiger partial charge in [-0.15, -0.1) is 16.4 Å². The predicted octanol–water partition coefficient (Wildman–Crippen LogP) is 2.80. The van der Waals surface area contributed by atoms with Gasteiger partial charge >= 0.3 is 0 Å². The highest BCUT2D eigenvalue weighted by Gasteiger charge is 2.15. The van der Waals surface area contributed by atoms with Gasteiger partial charge < -0.3 is 5.32 Å². The van der Waals surface area contributed by atoms with Crippen molar-refractivity contribution in [2.45, 2.75) is 13.8 Å². The van der Waals surface area contributed by atoms with Crippen molar-refractivity contribution in [3.05, 3.63) is 45.7 Å². The second-order valence-electron chi connectivity index (χ2n) is 4.41. The number of imidazole rings is 1. The highest BCUT2D eigenvalue weighted by atomic mass is 32.1. The van der Waals surface area contributed by atoms with E-state index in [0.29, 0.717) is 5.82 Å². The lowest BCUT2D eigenvalue weighted by Crippen LogP contribution is -2.14. The minimum absolute atomic E-state index is 0.0476. The smallest absolute Gasteiger partial charge is 0.269 e. The van der Waals surface area contributed by atoms with Gasteiger partial charge in [0, 0.05) is 0 Å². The van der Waals surface area contributed by atoms with Crippen LogP contribution in [0.3, 0.4) is 0 Å². The monoisotopic (exact) mass is 290 g/mol. The van der Waals surface area contributed by atoms with Crippen LogP contribution >= 0.6 is 11.3 Å². The van der Waals surface area contributed by atoms with Gasteiger partial charge in [-0.3, -0.25) is 4.79 Å². The van der Waals surface area contributed by atoms with Crippen molar-refractivity contribution in [1.82, 2.24) is 14.6 Å². The van der Waals surface area contributed by atoms with Crippen LogP contribution in [0.25, 0.3) is 5.65 Å². The van der Waals surface area contributed by atoms with Crippen LogP contribution in [0.4, 0.5) is 10.2 Å². The summed E-state index contributed by atoms with van der Waals surface area (Å²) in [5.74, 6) is -0.658. The molecule has 0 spiro atoms. The van der Waals surface area contributed by atoms with Crippen molar-refractivity contribution in [3.8, 4) is 0 Å². The molecule has 0 saturated carbocycles. The van der Waals surface area contributed by atoms with Crippen LogP contribution in [0.1, 0.15) is 20.9 Å². The molecule has 0 aromatic carbocycles. The Balaban J connectivity index is 1.95. The topological polar surface area (TPSA) is 59.3 Å². The molecule has 0 fully saturated rings. The van der Waals surface area contributed by atoms with Crippen molar-refractivity contribution in [3.63, 3.8) is 0 Å². The normalized spacial score (nSPS) is 10.9. The zero-order chi connectivity index (χ0) is 14.3. The fourth-order valence-electron chi connectivity index (χ4n) is 1.93. The minimum Gasteiger partial charge on any atom is -0.304 e. The van der Waals surface area contributed by atoms with E-state index >= 15 is 0 Å². The summed E-state index contributed by atoms with van der Waals surface area (Å²) in [5.41, 5.74) is 2.46. The van der Waals surface area contributed by atoms with Gasteiger partial charge in [0.05, 0.1) is 11.9 Å². The molecular weight excluding hydrogens is 279 g/mol. The Kier molecular flexibility index (Phi) is 2.98. The first-order valence-corrected chi connectivity index (χ1v) is 6.80. The molecule has 0 unspecified atom stereocenters. The van der Waals surface area contributed by atoms with Crippen LogP contribution in [0.2, 0.25) is 0 Å². The predicted molar refractivity (Wildman–Crippen MR) is 74.7 cm³/mol. The number of amides is 1. The molecule has 3 rings (SSSR count). The molecule has 3 aromatic heterocycles. The quantitative estimate of drug-likeness (QED) is 0.789. The van der Waals surface area contributed by atoms with Crippen molar-refractivity contribution in [1.29, 1.82) is 0 Å². The van der Waals surface area contributed by atoms with E-state index in [0.717, 1.165) is 28.2 Å². The summed E-state index contributed by atoms with van der Waals surface area (Å²) in [5, 5.41) is 8.37. The molecule has 0 atom stereocenters. The number of carbonyl (C=O) groups excluding carboxylic acids is 1. The lowest BCUT2D eigenvalue weighted by atomic mass is 10.3. The molecule has 0 aliphatic carbocycles. The summed E-state index contributed by atoms with van der Waals surface area (Å²) in [6.07, 6.45) is 1.77. The first-order chi connectivity index (χ1) is 9.54. The van der Waals surface area contributed by atoms with Gasteiger partial charge in [0.1, 0.15) is 10.7 Å². The molecule has 1 amide bonds. The Morgan fingerprint density at radius 2 is 2.25 bits per heavy atom. The standard InChI is InChI=1S/C13H11FN4OS/c1-7-5-10(17-18-6-8(2)15-12(7)18)16-13(19)11-9(14)3-4-20-11/h3-6H,1-2H3,(H,16,17,19). The maximum atomic E-state index is 13.4. The number of nitrogens with one attached hydrogen (secondary N) is 1. The SMILES string of the molecule is Cc1cn2nc(NC(=O)c3sccc3F)cc(C)c2n1. The van der Waals surface area contributed by atoms with Crippen LogP contribution < -0.4 is 5.32 Å². The summed E-state index contributed by atoms with van der Waals surface area (Å²) in [6, 6.07) is 2.98. The zero-order valence-electron chi connectivity index (χ0n) is 10.8. The Morgan fingerprint density at radius 3 is 2.95 bits per heavy atom. The average Bonchev–Trinajstić information content (AvgIpc) is 2.94. The van der Waals surface area contributed by atoms with Crippen molar-refractivity contribution in [2.24, 2.45) is 0 Å². The van der Waals surface area contributed by atoms with E-state index < -0.39 is 11.7 Å². The lowest BCUT2D eigenvalue weighted by Gasteiger charge is -2.05. The second-order valence-corrected chi connectivity index (χ2v) is 5.33. The highest BCUT2D eigenvalue weighted by Crippen LogP contribution is 2.18. The molecule has 0 saturated heterocycles. The Labute approximate surface area is 118 Å². The number of anilines is 1. The van der Waals surface area contributed by atoms with E-state index in [4.69, 9.17) is 0 Å². The molecule has 0 radical (unpaired) electrons. The molecular formula is C13H11FN4OS. The zero-order valence-corrected chi connectivity index (χ0v) is 11.7. The summed E-state index contributed by atoms with van der Waals surface area (Å²) >= 11 is 1.05. The number of hydrogen-bond acceptors (Lipinski definition) is 4. The molecule has 20 heavy (non-hydrogen) atoms. The van der Waals surface area contributed by atoms with Crippen molar-refractivity contribution >= 4 is 28.7 Å². The third kappa shape index (κ3) is 2.16. The summed E-state index contributed by atoms with van der Waals surface area (Å²) < 4.78 is 15.0. The molecule has 3 aromatic rings. The van der Waals surface area contributed by atoms with E-state index in [9.17, 15) is 9.18 Å². The van der Waals surface area contributed by atoms with Gasteiger partial charge in [-0.1, -0.05) is 0 Å². The minimum atomic E-state index is -0.524. The third-order valence-electron chi connectivity index (χ3n) is 2.79. The van der Waals surface area contributed by atoms with Gasteiger partial charge in [0.25, 0.3) is 5.91 Å². The van der Waals surface area contributed by atoms with Gasteiger partial charge in [-0.25, -0.2) is 13.9 Å². The van der Waals surface area contributed by atoms with E-state index in [1.54, 1.807) is 16.8 Å².